The zero-order valence-corrected chi connectivity index (χ0v) is 12.1. The van der Waals surface area contributed by atoms with Crippen molar-refractivity contribution < 1.29 is 0 Å². The van der Waals surface area contributed by atoms with Gasteiger partial charge in [-0.2, -0.15) is 0 Å². The van der Waals surface area contributed by atoms with Gasteiger partial charge >= 0.3 is 0 Å². The van der Waals surface area contributed by atoms with Crippen molar-refractivity contribution in [2.24, 2.45) is 0 Å². The third-order valence-corrected chi connectivity index (χ3v) is 4.27. The second-order valence-corrected chi connectivity index (χ2v) is 6.45. The van der Waals surface area contributed by atoms with Gasteiger partial charge in [-0.05, 0) is 53.0 Å². The Balaban J connectivity index is 1.75. The Labute approximate surface area is 114 Å². The minimum absolute atomic E-state index is 0.846. The molecule has 0 bridgehead atoms. The molecule has 2 aromatic rings. The highest BCUT2D eigenvalue weighted by atomic mass is 79.9. The molecule has 2 nitrogen and oxygen atoms in total. The molecule has 0 spiro atoms. The number of aryl methyl sites for hydroxylation is 1. The summed E-state index contributed by atoms with van der Waals surface area (Å²) in [5.41, 5.74) is 2.39. The summed E-state index contributed by atoms with van der Waals surface area (Å²) in [6.45, 7) is 3.93. The molecule has 0 unspecified atom stereocenters. The van der Waals surface area contributed by atoms with Crippen LogP contribution in [0.3, 0.4) is 0 Å². The summed E-state index contributed by atoms with van der Waals surface area (Å²) in [5, 5.41) is 3.43. The van der Waals surface area contributed by atoms with Crippen molar-refractivity contribution >= 4 is 27.3 Å². The summed E-state index contributed by atoms with van der Waals surface area (Å²) in [6.07, 6.45) is 2.92. The fraction of sp³-hybridized carbons (Fsp3) is 0.308. The molecule has 2 aromatic heterocycles. The SMILES string of the molecule is Cc1cccnc1CNCCc1ccc(Br)s1. The average Bonchev–Trinajstić information content (AvgIpc) is 2.73. The van der Waals surface area contributed by atoms with E-state index in [4.69, 9.17) is 0 Å². The van der Waals surface area contributed by atoms with Crippen molar-refractivity contribution in [3.63, 3.8) is 0 Å². The van der Waals surface area contributed by atoms with Gasteiger partial charge in [0.1, 0.15) is 0 Å². The topological polar surface area (TPSA) is 24.9 Å². The molecule has 0 saturated heterocycles. The van der Waals surface area contributed by atoms with Crippen molar-refractivity contribution in [2.45, 2.75) is 19.9 Å². The first-order chi connectivity index (χ1) is 8.25. The van der Waals surface area contributed by atoms with Crippen LogP contribution in [0.15, 0.2) is 34.2 Å². The van der Waals surface area contributed by atoms with Gasteiger partial charge in [0.15, 0.2) is 0 Å². The number of nitrogens with zero attached hydrogens (tertiary/aromatic N) is 1. The van der Waals surface area contributed by atoms with E-state index in [1.54, 1.807) is 11.3 Å². The van der Waals surface area contributed by atoms with Crippen molar-refractivity contribution in [1.29, 1.82) is 0 Å². The number of hydrogen-bond donors (Lipinski definition) is 1. The van der Waals surface area contributed by atoms with E-state index in [-0.39, 0.29) is 0 Å². The Morgan fingerprint density at radius 3 is 2.94 bits per heavy atom. The third-order valence-electron chi connectivity index (χ3n) is 2.59. The Morgan fingerprint density at radius 1 is 1.35 bits per heavy atom. The number of rotatable bonds is 5. The van der Waals surface area contributed by atoms with E-state index in [0.29, 0.717) is 0 Å². The number of aromatic nitrogens is 1. The molecular weight excluding hydrogens is 296 g/mol. The lowest BCUT2D eigenvalue weighted by atomic mass is 10.2. The molecule has 1 N–H and O–H groups in total. The number of nitrogens with one attached hydrogen (secondary N) is 1. The van der Waals surface area contributed by atoms with Crippen molar-refractivity contribution in [2.75, 3.05) is 6.54 Å². The van der Waals surface area contributed by atoms with E-state index in [1.165, 1.54) is 14.2 Å². The number of pyridine rings is 1. The van der Waals surface area contributed by atoms with Gasteiger partial charge in [-0.3, -0.25) is 4.98 Å². The molecule has 0 aliphatic rings. The van der Waals surface area contributed by atoms with Crippen LogP contribution in [0.2, 0.25) is 0 Å². The molecule has 0 fully saturated rings. The molecule has 0 radical (unpaired) electrons. The molecule has 2 heterocycles. The second-order valence-electron chi connectivity index (χ2n) is 3.90. The average molecular weight is 311 g/mol. The van der Waals surface area contributed by atoms with Gasteiger partial charge in [0, 0.05) is 24.2 Å². The quantitative estimate of drug-likeness (QED) is 0.854. The van der Waals surface area contributed by atoms with E-state index in [0.717, 1.165) is 25.2 Å². The normalized spacial score (nSPS) is 10.7. The predicted molar refractivity (Wildman–Crippen MR) is 76.4 cm³/mol. The molecule has 0 aromatic carbocycles. The highest BCUT2D eigenvalue weighted by Gasteiger charge is 1.99. The van der Waals surface area contributed by atoms with Crippen LogP contribution in [0.4, 0.5) is 0 Å². The zero-order chi connectivity index (χ0) is 12.1. The molecule has 0 aliphatic heterocycles. The maximum absolute atomic E-state index is 4.36. The molecule has 4 heteroatoms. The Morgan fingerprint density at radius 2 is 2.24 bits per heavy atom. The first-order valence-corrected chi connectivity index (χ1v) is 7.22. The van der Waals surface area contributed by atoms with Gasteiger partial charge in [-0.15, -0.1) is 11.3 Å². The van der Waals surface area contributed by atoms with Gasteiger partial charge in [-0.1, -0.05) is 6.07 Å². The van der Waals surface area contributed by atoms with Crippen LogP contribution in [-0.2, 0) is 13.0 Å². The van der Waals surface area contributed by atoms with Crippen LogP contribution in [-0.4, -0.2) is 11.5 Å². The second kappa shape index (κ2) is 6.28. The minimum atomic E-state index is 0.846. The maximum Gasteiger partial charge on any atom is 0.0701 e. The van der Waals surface area contributed by atoms with E-state index in [9.17, 15) is 0 Å². The zero-order valence-electron chi connectivity index (χ0n) is 9.74. The summed E-state index contributed by atoms with van der Waals surface area (Å²) >= 11 is 5.27. The standard InChI is InChI=1S/C13H15BrN2S/c1-10-3-2-7-16-12(10)9-15-8-6-11-4-5-13(14)17-11/h2-5,7,15H,6,8-9H2,1H3. The molecule has 0 saturated carbocycles. The van der Waals surface area contributed by atoms with Crippen LogP contribution in [0.5, 0.6) is 0 Å². The largest absolute Gasteiger partial charge is 0.311 e. The van der Waals surface area contributed by atoms with Crippen molar-refractivity contribution in [1.82, 2.24) is 10.3 Å². The summed E-state index contributed by atoms with van der Waals surface area (Å²) in [4.78, 5) is 5.76. The van der Waals surface area contributed by atoms with Crippen LogP contribution in [0, 0.1) is 6.92 Å². The predicted octanol–water partition coefficient (Wildman–Crippen LogP) is 3.55. The van der Waals surface area contributed by atoms with Gasteiger partial charge in [0.05, 0.1) is 9.48 Å². The first-order valence-electron chi connectivity index (χ1n) is 5.61. The minimum Gasteiger partial charge on any atom is -0.311 e. The van der Waals surface area contributed by atoms with Gasteiger partial charge in [0.25, 0.3) is 0 Å². The summed E-state index contributed by atoms with van der Waals surface area (Å²) < 4.78 is 1.20. The van der Waals surface area contributed by atoms with Gasteiger partial charge < -0.3 is 5.32 Å². The van der Waals surface area contributed by atoms with E-state index >= 15 is 0 Å². The highest BCUT2D eigenvalue weighted by molar-refractivity contribution is 9.11. The van der Waals surface area contributed by atoms with Gasteiger partial charge in [-0.25, -0.2) is 0 Å². The molecule has 2 rings (SSSR count). The fourth-order valence-electron chi connectivity index (χ4n) is 1.61. The Kier molecular flexibility index (Phi) is 4.71. The lowest BCUT2D eigenvalue weighted by Crippen LogP contribution is -2.17. The lowest BCUT2D eigenvalue weighted by Gasteiger charge is -2.05. The van der Waals surface area contributed by atoms with Crippen LogP contribution < -0.4 is 5.32 Å². The molecule has 90 valence electrons. The van der Waals surface area contributed by atoms with Crippen molar-refractivity contribution in [3.8, 4) is 0 Å². The smallest absolute Gasteiger partial charge is 0.0701 e. The Bertz CT molecular complexity index is 482. The monoisotopic (exact) mass is 310 g/mol. The molecule has 0 amide bonds. The number of halogens is 1. The summed E-state index contributed by atoms with van der Waals surface area (Å²) in [5.74, 6) is 0. The number of hydrogen-bond acceptors (Lipinski definition) is 3. The fourth-order valence-corrected chi connectivity index (χ4v) is 3.09. The number of thiophene rings is 1. The molecule has 0 aliphatic carbocycles. The van der Waals surface area contributed by atoms with Crippen LogP contribution in [0.25, 0.3) is 0 Å². The molecule has 17 heavy (non-hydrogen) atoms. The highest BCUT2D eigenvalue weighted by Crippen LogP contribution is 2.22. The van der Waals surface area contributed by atoms with E-state index in [1.807, 2.05) is 12.3 Å². The first kappa shape index (κ1) is 12.7. The van der Waals surface area contributed by atoms with Gasteiger partial charge in [0.2, 0.25) is 0 Å². The maximum atomic E-state index is 4.36. The molecule has 0 atom stereocenters. The lowest BCUT2D eigenvalue weighted by molar-refractivity contribution is 0.675. The van der Waals surface area contributed by atoms with E-state index < -0.39 is 0 Å². The third kappa shape index (κ3) is 3.91. The summed E-state index contributed by atoms with van der Waals surface area (Å²) in [7, 11) is 0. The van der Waals surface area contributed by atoms with E-state index in [2.05, 4.69) is 51.4 Å². The van der Waals surface area contributed by atoms with Crippen LogP contribution >= 0.6 is 27.3 Å². The Hall–Kier alpha value is -0.710. The molecular formula is C13H15BrN2S. The van der Waals surface area contributed by atoms with Crippen LogP contribution in [0.1, 0.15) is 16.1 Å². The van der Waals surface area contributed by atoms with Crippen molar-refractivity contribution in [3.05, 3.63) is 50.4 Å². The summed E-state index contributed by atoms with van der Waals surface area (Å²) in [6, 6.07) is 8.34.